The largest absolute Gasteiger partial charge is 0.493 e. The molecule has 0 aromatic heterocycles. The third kappa shape index (κ3) is 7.39. The molecular weight excluding hydrogens is 440 g/mol. The molecule has 0 heterocycles. The van der Waals surface area contributed by atoms with Gasteiger partial charge in [-0.2, -0.15) is 0 Å². The number of carbonyl (C=O) groups is 2. The third-order valence-corrected chi connectivity index (χ3v) is 6.13. The number of hydrogen-bond acceptors (Lipinski definition) is 4. The minimum Gasteiger partial charge on any atom is -0.493 e. The predicted octanol–water partition coefficient (Wildman–Crippen LogP) is 5.01. The Kier molecular flexibility index (Phi) is 10.5. The maximum Gasteiger partial charge on any atom is 0.243 e. The quantitative estimate of drug-likeness (QED) is 0.469. The Morgan fingerprint density at radius 3 is 2.33 bits per heavy atom. The lowest BCUT2D eigenvalue weighted by atomic mass is 10.1. The molecule has 0 aliphatic carbocycles. The Bertz CT molecular complexity index is 934. The predicted molar refractivity (Wildman–Crippen MR) is 132 cm³/mol. The third-order valence-electron chi connectivity index (χ3n) is 5.76. The second-order valence-corrected chi connectivity index (χ2v) is 8.45. The Morgan fingerprint density at radius 1 is 1.03 bits per heavy atom. The zero-order chi connectivity index (χ0) is 24.4. The maximum atomic E-state index is 13.4. The number of hydrogen-bond donors (Lipinski definition) is 1. The number of nitrogens with one attached hydrogen (secondary N) is 1. The van der Waals surface area contributed by atoms with Crippen LogP contribution < -0.4 is 14.8 Å². The van der Waals surface area contributed by atoms with Crippen LogP contribution in [0, 0.1) is 0 Å². The summed E-state index contributed by atoms with van der Waals surface area (Å²) in [6, 6.07) is 12.5. The first-order valence-electron chi connectivity index (χ1n) is 11.4. The second kappa shape index (κ2) is 13.1. The van der Waals surface area contributed by atoms with E-state index in [1.54, 1.807) is 25.2 Å². The Balaban J connectivity index is 2.25. The van der Waals surface area contributed by atoms with Gasteiger partial charge in [0.15, 0.2) is 11.5 Å². The molecule has 2 rings (SSSR count). The van der Waals surface area contributed by atoms with Crippen molar-refractivity contribution in [3.05, 3.63) is 58.6 Å². The van der Waals surface area contributed by atoms with E-state index in [1.807, 2.05) is 57.2 Å². The van der Waals surface area contributed by atoms with Crippen molar-refractivity contribution in [1.29, 1.82) is 0 Å². The summed E-state index contributed by atoms with van der Waals surface area (Å²) in [6.07, 6.45) is 2.10. The minimum atomic E-state index is -0.576. The highest BCUT2D eigenvalue weighted by Gasteiger charge is 2.29. The van der Waals surface area contributed by atoms with Crippen LogP contribution in [0.1, 0.15) is 51.2 Å². The van der Waals surface area contributed by atoms with E-state index in [0.717, 1.165) is 17.5 Å². The molecule has 2 aromatic rings. The Hall–Kier alpha value is -2.73. The molecule has 0 fully saturated rings. The lowest BCUT2D eigenvalue weighted by molar-refractivity contribution is -0.141. The van der Waals surface area contributed by atoms with Gasteiger partial charge in [0, 0.05) is 24.0 Å². The van der Waals surface area contributed by atoms with E-state index in [-0.39, 0.29) is 30.8 Å². The molecule has 0 aliphatic rings. The van der Waals surface area contributed by atoms with E-state index >= 15 is 0 Å². The fourth-order valence-electron chi connectivity index (χ4n) is 3.60. The Morgan fingerprint density at radius 2 is 1.73 bits per heavy atom. The van der Waals surface area contributed by atoms with E-state index in [0.29, 0.717) is 29.4 Å². The number of nitrogens with zero attached hydrogens (tertiary/aromatic N) is 1. The van der Waals surface area contributed by atoms with Gasteiger partial charge in [-0.1, -0.05) is 49.7 Å². The molecule has 33 heavy (non-hydrogen) atoms. The molecule has 1 N–H and O–H groups in total. The topological polar surface area (TPSA) is 67.9 Å². The highest BCUT2D eigenvalue weighted by atomic mass is 35.5. The van der Waals surface area contributed by atoms with Crippen LogP contribution in [0.15, 0.2) is 42.5 Å². The van der Waals surface area contributed by atoms with Gasteiger partial charge in [0.1, 0.15) is 6.04 Å². The number of amides is 2. The number of halogens is 1. The summed E-state index contributed by atoms with van der Waals surface area (Å²) in [4.78, 5) is 28.1. The van der Waals surface area contributed by atoms with Gasteiger partial charge in [-0.25, -0.2) is 0 Å². The molecule has 0 radical (unpaired) electrons. The van der Waals surface area contributed by atoms with Crippen molar-refractivity contribution in [2.24, 2.45) is 0 Å². The van der Waals surface area contributed by atoms with Crippen molar-refractivity contribution >= 4 is 23.4 Å². The molecular formula is C26H35ClN2O4. The molecule has 7 heteroatoms. The summed E-state index contributed by atoms with van der Waals surface area (Å²) in [5.74, 6) is 1.02. The normalized spacial score (nSPS) is 12.5. The van der Waals surface area contributed by atoms with Gasteiger partial charge in [-0.05, 0) is 55.5 Å². The van der Waals surface area contributed by atoms with E-state index < -0.39 is 6.04 Å². The molecule has 0 saturated carbocycles. The number of rotatable bonds is 12. The molecule has 0 saturated heterocycles. The summed E-state index contributed by atoms with van der Waals surface area (Å²) in [5, 5.41) is 3.60. The summed E-state index contributed by atoms with van der Waals surface area (Å²) < 4.78 is 10.7. The number of aryl methyl sites for hydroxylation is 1. The van der Waals surface area contributed by atoms with Crippen LogP contribution in [-0.4, -0.2) is 43.0 Å². The summed E-state index contributed by atoms with van der Waals surface area (Å²) in [5.41, 5.74) is 1.77. The van der Waals surface area contributed by atoms with Gasteiger partial charge in [0.25, 0.3) is 0 Å². The van der Waals surface area contributed by atoms with Crippen molar-refractivity contribution in [2.75, 3.05) is 14.2 Å². The van der Waals surface area contributed by atoms with E-state index in [4.69, 9.17) is 21.1 Å². The molecule has 2 atom stereocenters. The van der Waals surface area contributed by atoms with Crippen LogP contribution in [0.25, 0.3) is 0 Å². The van der Waals surface area contributed by atoms with Crippen LogP contribution in [0.4, 0.5) is 0 Å². The van der Waals surface area contributed by atoms with Gasteiger partial charge in [-0.3, -0.25) is 9.59 Å². The first-order valence-corrected chi connectivity index (χ1v) is 11.8. The maximum absolute atomic E-state index is 13.4. The van der Waals surface area contributed by atoms with Crippen molar-refractivity contribution in [1.82, 2.24) is 10.2 Å². The number of benzene rings is 2. The average molecular weight is 475 g/mol. The SMILES string of the molecule is CC[C@H](C(=O)N[C@@H](C)CC)N(Cc1ccccc1Cl)C(=O)CCc1ccc(OC)c(OC)c1. The van der Waals surface area contributed by atoms with Gasteiger partial charge < -0.3 is 19.7 Å². The van der Waals surface area contributed by atoms with Gasteiger partial charge in [-0.15, -0.1) is 0 Å². The van der Waals surface area contributed by atoms with Crippen molar-refractivity contribution in [3.63, 3.8) is 0 Å². The minimum absolute atomic E-state index is 0.0376. The van der Waals surface area contributed by atoms with Crippen LogP contribution >= 0.6 is 11.6 Å². The van der Waals surface area contributed by atoms with Gasteiger partial charge >= 0.3 is 0 Å². The lowest BCUT2D eigenvalue weighted by Gasteiger charge is -2.32. The molecule has 180 valence electrons. The lowest BCUT2D eigenvalue weighted by Crippen LogP contribution is -2.50. The highest BCUT2D eigenvalue weighted by Crippen LogP contribution is 2.28. The molecule has 2 aromatic carbocycles. The Labute approximate surface area is 202 Å². The zero-order valence-corrected chi connectivity index (χ0v) is 20.9. The molecule has 0 unspecified atom stereocenters. The zero-order valence-electron chi connectivity index (χ0n) is 20.2. The molecule has 2 amide bonds. The number of ether oxygens (including phenoxy) is 2. The second-order valence-electron chi connectivity index (χ2n) is 8.04. The fourth-order valence-corrected chi connectivity index (χ4v) is 3.80. The standard InChI is InChI=1S/C26H35ClN2O4/c1-6-18(3)28-26(31)22(7-2)29(17-20-10-8-9-11-21(20)27)25(30)15-13-19-12-14-23(32-4)24(16-19)33-5/h8-12,14,16,18,22H,6-7,13,15,17H2,1-5H3,(H,28,31)/t18-,22+/m0/s1. The summed E-state index contributed by atoms with van der Waals surface area (Å²) in [6.45, 7) is 6.17. The van der Waals surface area contributed by atoms with Crippen LogP contribution in [0.3, 0.4) is 0 Å². The first-order chi connectivity index (χ1) is 15.8. The van der Waals surface area contributed by atoms with E-state index in [2.05, 4.69) is 5.32 Å². The van der Waals surface area contributed by atoms with E-state index in [1.165, 1.54) is 0 Å². The number of methoxy groups -OCH3 is 2. The highest BCUT2D eigenvalue weighted by molar-refractivity contribution is 6.31. The summed E-state index contributed by atoms with van der Waals surface area (Å²) >= 11 is 6.38. The molecule has 0 aliphatic heterocycles. The van der Waals surface area contributed by atoms with E-state index in [9.17, 15) is 9.59 Å². The molecule has 0 bridgehead atoms. The van der Waals surface area contributed by atoms with Crippen LogP contribution in [0.2, 0.25) is 5.02 Å². The van der Waals surface area contributed by atoms with Gasteiger partial charge in [0.2, 0.25) is 11.8 Å². The first kappa shape index (κ1) is 26.5. The molecule has 0 spiro atoms. The van der Waals surface area contributed by atoms with Crippen molar-refractivity contribution in [2.45, 2.75) is 65.1 Å². The number of carbonyl (C=O) groups excluding carboxylic acids is 2. The van der Waals surface area contributed by atoms with Crippen LogP contribution in [0.5, 0.6) is 11.5 Å². The van der Waals surface area contributed by atoms with Crippen LogP contribution in [-0.2, 0) is 22.6 Å². The average Bonchev–Trinajstić information content (AvgIpc) is 2.83. The monoisotopic (exact) mass is 474 g/mol. The fraction of sp³-hybridized carbons (Fsp3) is 0.462. The summed E-state index contributed by atoms with van der Waals surface area (Å²) in [7, 11) is 3.17. The smallest absolute Gasteiger partial charge is 0.243 e. The van der Waals surface area contributed by atoms with Gasteiger partial charge in [0.05, 0.1) is 14.2 Å². The van der Waals surface area contributed by atoms with Crippen molar-refractivity contribution in [3.8, 4) is 11.5 Å². The molecule has 6 nitrogen and oxygen atoms in total. The van der Waals surface area contributed by atoms with Crippen molar-refractivity contribution < 1.29 is 19.1 Å².